The Morgan fingerprint density at radius 2 is 1.77 bits per heavy atom. The fraction of sp³-hybridized carbons (Fsp3) is 0.0588. The minimum absolute atomic E-state index is 0.452. The highest BCUT2D eigenvalue weighted by Crippen LogP contribution is 2.25. The van der Waals surface area contributed by atoms with Crippen molar-refractivity contribution in [2.24, 2.45) is 0 Å². The third kappa shape index (κ3) is 5.20. The first kappa shape index (κ1) is 19.6. The van der Waals surface area contributed by atoms with E-state index in [-0.39, 0.29) is 0 Å². The van der Waals surface area contributed by atoms with Gasteiger partial charge in [0.15, 0.2) is 10.9 Å². The maximum Gasteiger partial charge on any atom is 0.176 e. The smallest absolute Gasteiger partial charge is 0.176 e. The van der Waals surface area contributed by atoms with Gasteiger partial charge in [-0.3, -0.25) is 4.68 Å². The number of halogens is 4. The Morgan fingerprint density at radius 3 is 2.46 bits per heavy atom. The number of aromatic nitrogens is 2. The largest absolute Gasteiger partial charge is 0.332 e. The van der Waals surface area contributed by atoms with E-state index >= 15 is 0 Å². The molecule has 4 nitrogen and oxygen atoms in total. The molecule has 0 spiro atoms. The fourth-order valence-corrected chi connectivity index (χ4v) is 3.41. The molecule has 0 saturated heterocycles. The van der Waals surface area contributed by atoms with Gasteiger partial charge in [-0.05, 0) is 70.1 Å². The van der Waals surface area contributed by atoms with Gasteiger partial charge in [0.1, 0.15) is 0 Å². The average molecular weight is 535 g/mol. The molecule has 134 valence electrons. The van der Waals surface area contributed by atoms with E-state index in [1.807, 2.05) is 42.6 Å². The van der Waals surface area contributed by atoms with Gasteiger partial charge in [-0.25, -0.2) is 0 Å². The van der Waals surface area contributed by atoms with E-state index in [0.717, 1.165) is 20.2 Å². The monoisotopic (exact) mass is 532 g/mol. The van der Waals surface area contributed by atoms with E-state index in [0.29, 0.717) is 27.5 Å². The van der Waals surface area contributed by atoms with Crippen LogP contribution in [0.3, 0.4) is 0 Å². The molecule has 1 heterocycles. The van der Waals surface area contributed by atoms with Gasteiger partial charge in [0, 0.05) is 16.4 Å². The summed E-state index contributed by atoms with van der Waals surface area (Å²) in [6.07, 6.45) is 1.87. The van der Waals surface area contributed by atoms with Crippen LogP contribution in [0.5, 0.6) is 0 Å². The van der Waals surface area contributed by atoms with Crippen LogP contribution in [0.1, 0.15) is 5.56 Å². The summed E-state index contributed by atoms with van der Waals surface area (Å²) < 4.78 is 3.59. The number of thiocarbonyl (C=S) groups is 1. The van der Waals surface area contributed by atoms with Crippen LogP contribution < -0.4 is 10.6 Å². The molecule has 3 aromatic rings. The van der Waals surface area contributed by atoms with Crippen molar-refractivity contribution >= 4 is 83.9 Å². The number of benzene rings is 2. The van der Waals surface area contributed by atoms with Crippen LogP contribution in [0.2, 0.25) is 10.0 Å². The zero-order valence-electron chi connectivity index (χ0n) is 13.1. The van der Waals surface area contributed by atoms with Crippen molar-refractivity contribution in [3.05, 3.63) is 73.2 Å². The standard InChI is InChI=1S/C17H12Br2Cl2N4S/c18-11-2-4-12(5-3-11)22-17(26)23-16-13(19)9-25(24-16)8-10-1-6-14(20)15(21)7-10/h1-7,9H,8H2,(H2,22,23,24,26). The molecule has 0 amide bonds. The molecule has 0 unspecified atom stereocenters. The van der Waals surface area contributed by atoms with Crippen molar-refractivity contribution in [1.82, 2.24) is 9.78 Å². The Morgan fingerprint density at radius 1 is 1.04 bits per heavy atom. The molecule has 0 aliphatic carbocycles. The van der Waals surface area contributed by atoms with Crippen molar-refractivity contribution in [3.8, 4) is 0 Å². The molecule has 0 atom stereocenters. The third-order valence-corrected chi connectivity index (χ3v) is 5.43. The van der Waals surface area contributed by atoms with Crippen molar-refractivity contribution < 1.29 is 0 Å². The SMILES string of the molecule is S=C(Nc1ccc(Br)cc1)Nc1nn(Cc2ccc(Cl)c(Cl)c2)cc1Br. The van der Waals surface area contributed by atoms with E-state index in [2.05, 4.69) is 47.6 Å². The quantitative estimate of drug-likeness (QED) is 0.371. The molecule has 0 fully saturated rings. The number of nitrogens with zero attached hydrogens (tertiary/aromatic N) is 2. The molecule has 3 rings (SSSR count). The fourth-order valence-electron chi connectivity index (χ4n) is 2.19. The minimum Gasteiger partial charge on any atom is -0.332 e. The van der Waals surface area contributed by atoms with Crippen molar-refractivity contribution in [3.63, 3.8) is 0 Å². The Labute approximate surface area is 183 Å². The summed E-state index contributed by atoms with van der Waals surface area (Å²) >= 11 is 24.3. The van der Waals surface area contributed by atoms with Crippen LogP contribution in [0.4, 0.5) is 11.5 Å². The van der Waals surface area contributed by atoms with Gasteiger partial charge in [-0.1, -0.05) is 45.2 Å². The van der Waals surface area contributed by atoms with Gasteiger partial charge in [-0.2, -0.15) is 5.10 Å². The summed E-state index contributed by atoms with van der Waals surface area (Å²) in [5.74, 6) is 0.625. The van der Waals surface area contributed by atoms with E-state index in [9.17, 15) is 0 Å². The number of rotatable bonds is 4. The second kappa shape index (κ2) is 8.71. The summed E-state index contributed by atoms with van der Waals surface area (Å²) in [6.45, 7) is 0.560. The number of anilines is 2. The average Bonchev–Trinajstić information content (AvgIpc) is 2.92. The molecular formula is C17H12Br2Cl2N4S. The van der Waals surface area contributed by atoms with Crippen LogP contribution in [-0.2, 0) is 6.54 Å². The molecule has 1 aromatic heterocycles. The first-order chi connectivity index (χ1) is 12.4. The first-order valence-corrected chi connectivity index (χ1v) is 10.2. The molecule has 0 saturated carbocycles. The maximum absolute atomic E-state index is 6.06. The molecule has 26 heavy (non-hydrogen) atoms. The lowest BCUT2D eigenvalue weighted by molar-refractivity contribution is 0.689. The lowest BCUT2D eigenvalue weighted by Gasteiger charge is -2.09. The highest BCUT2D eigenvalue weighted by molar-refractivity contribution is 9.10. The number of hydrogen-bond donors (Lipinski definition) is 2. The predicted octanol–water partition coefficient (Wildman–Crippen LogP) is 6.57. The van der Waals surface area contributed by atoms with Gasteiger partial charge in [0.25, 0.3) is 0 Å². The Balaban J connectivity index is 1.66. The Kier molecular flexibility index (Phi) is 6.58. The van der Waals surface area contributed by atoms with Gasteiger partial charge in [-0.15, -0.1) is 0 Å². The molecule has 0 radical (unpaired) electrons. The Bertz CT molecular complexity index is 944. The number of nitrogens with one attached hydrogen (secondary N) is 2. The number of hydrogen-bond acceptors (Lipinski definition) is 2. The van der Waals surface area contributed by atoms with Gasteiger partial charge < -0.3 is 10.6 Å². The summed E-state index contributed by atoms with van der Waals surface area (Å²) in [7, 11) is 0. The molecule has 9 heteroatoms. The van der Waals surface area contributed by atoms with Crippen molar-refractivity contribution in [2.75, 3.05) is 10.6 Å². The maximum atomic E-state index is 6.06. The summed E-state index contributed by atoms with van der Waals surface area (Å²) in [5, 5.41) is 12.2. The van der Waals surface area contributed by atoms with Gasteiger partial charge in [0.2, 0.25) is 0 Å². The molecule has 0 aliphatic rings. The molecular weight excluding hydrogens is 523 g/mol. The van der Waals surface area contributed by atoms with E-state index in [1.165, 1.54) is 0 Å². The molecule has 2 N–H and O–H groups in total. The second-order valence-corrected chi connectivity index (χ2v) is 8.35. The first-order valence-electron chi connectivity index (χ1n) is 7.41. The zero-order valence-corrected chi connectivity index (χ0v) is 18.6. The normalized spacial score (nSPS) is 10.6. The van der Waals surface area contributed by atoms with Crippen molar-refractivity contribution in [2.45, 2.75) is 6.54 Å². The molecule has 0 aliphatic heterocycles. The van der Waals surface area contributed by atoms with Crippen LogP contribution >= 0.6 is 67.3 Å². The molecule has 2 aromatic carbocycles. The van der Waals surface area contributed by atoms with Crippen molar-refractivity contribution in [1.29, 1.82) is 0 Å². The second-order valence-electron chi connectivity index (χ2n) is 5.36. The zero-order chi connectivity index (χ0) is 18.7. The minimum atomic E-state index is 0.452. The van der Waals surface area contributed by atoms with Crippen LogP contribution in [0.15, 0.2) is 57.6 Å². The highest BCUT2D eigenvalue weighted by atomic mass is 79.9. The topological polar surface area (TPSA) is 41.9 Å². The van der Waals surface area contributed by atoms with Crippen LogP contribution in [-0.4, -0.2) is 14.9 Å². The summed E-state index contributed by atoms with van der Waals surface area (Å²) in [6, 6.07) is 13.2. The van der Waals surface area contributed by atoms with E-state index in [1.54, 1.807) is 10.7 Å². The van der Waals surface area contributed by atoms with Crippen LogP contribution in [0, 0.1) is 0 Å². The summed E-state index contributed by atoms with van der Waals surface area (Å²) in [4.78, 5) is 0. The van der Waals surface area contributed by atoms with E-state index in [4.69, 9.17) is 35.4 Å². The lowest BCUT2D eigenvalue weighted by Crippen LogP contribution is -2.19. The summed E-state index contributed by atoms with van der Waals surface area (Å²) in [5.41, 5.74) is 1.88. The third-order valence-electron chi connectivity index (χ3n) is 3.38. The highest BCUT2D eigenvalue weighted by Gasteiger charge is 2.09. The van der Waals surface area contributed by atoms with Gasteiger partial charge in [0.05, 0.1) is 21.1 Å². The van der Waals surface area contributed by atoms with Gasteiger partial charge >= 0.3 is 0 Å². The molecule has 0 bridgehead atoms. The van der Waals surface area contributed by atoms with Crippen LogP contribution in [0.25, 0.3) is 0 Å². The van der Waals surface area contributed by atoms with E-state index < -0.39 is 0 Å². The lowest BCUT2D eigenvalue weighted by atomic mass is 10.2. The predicted molar refractivity (Wildman–Crippen MR) is 119 cm³/mol. The Hall–Kier alpha value is -1.12.